The Morgan fingerprint density at radius 1 is 1.62 bits per heavy atom. The van der Waals surface area contributed by atoms with Crippen LogP contribution in [0.4, 0.5) is 0 Å². The number of rotatable bonds is 3. The Hall–Kier alpha value is -0.120. The molecule has 0 heterocycles. The van der Waals surface area contributed by atoms with Crippen molar-refractivity contribution in [1.29, 1.82) is 0 Å². The molecule has 3 heteroatoms. The Kier molecular flexibility index (Phi) is 2.97. The zero-order valence-electron chi connectivity index (χ0n) is 5.59. The first kappa shape index (κ1) is 7.88. The van der Waals surface area contributed by atoms with Gasteiger partial charge in [-0.3, -0.25) is 0 Å². The molecule has 0 aliphatic rings. The van der Waals surface area contributed by atoms with Gasteiger partial charge in [-0.05, 0) is 6.92 Å². The summed E-state index contributed by atoms with van der Waals surface area (Å²) in [6.07, 6.45) is 0. The molecule has 8 heavy (non-hydrogen) atoms. The lowest BCUT2D eigenvalue weighted by molar-refractivity contribution is -0.919. The van der Waals surface area contributed by atoms with Crippen molar-refractivity contribution in [3.8, 4) is 0 Å². The maximum atomic E-state index is 8.44. The molecule has 0 aliphatic heterocycles. The standard InChI is InChI=1S/C5H15N2O/c1-3-7(2,6)4-5-8/h8H,3-6H2,1-2H3/q+1. The Morgan fingerprint density at radius 2 is 2.12 bits per heavy atom. The van der Waals surface area contributed by atoms with Crippen LogP contribution < -0.4 is 5.84 Å². The highest BCUT2D eigenvalue weighted by Gasteiger charge is 2.09. The maximum absolute atomic E-state index is 8.44. The molecule has 0 aromatic heterocycles. The Morgan fingerprint density at radius 3 is 2.25 bits per heavy atom. The van der Waals surface area contributed by atoms with Gasteiger partial charge < -0.3 is 5.11 Å². The van der Waals surface area contributed by atoms with E-state index in [2.05, 4.69) is 0 Å². The van der Waals surface area contributed by atoms with Crippen molar-refractivity contribution in [3.63, 3.8) is 0 Å². The van der Waals surface area contributed by atoms with Gasteiger partial charge in [0.05, 0.1) is 20.2 Å². The second-order valence-electron chi connectivity index (χ2n) is 2.24. The van der Waals surface area contributed by atoms with Crippen LogP contribution in [-0.2, 0) is 0 Å². The molecule has 1 unspecified atom stereocenters. The summed E-state index contributed by atoms with van der Waals surface area (Å²) in [5.41, 5.74) is 0. The molecule has 0 amide bonds. The van der Waals surface area contributed by atoms with Gasteiger partial charge in [-0.1, -0.05) is 0 Å². The van der Waals surface area contributed by atoms with Crippen molar-refractivity contribution >= 4 is 0 Å². The van der Waals surface area contributed by atoms with Crippen LogP contribution in [0.5, 0.6) is 0 Å². The van der Waals surface area contributed by atoms with Crippen molar-refractivity contribution in [3.05, 3.63) is 0 Å². The summed E-state index contributed by atoms with van der Waals surface area (Å²) in [6.45, 7) is 3.66. The number of likely N-dealkylation sites (N-methyl/N-ethyl adjacent to an activating group) is 1. The van der Waals surface area contributed by atoms with Gasteiger partial charge in [-0.15, -0.1) is 0 Å². The average Bonchev–Trinajstić information content (AvgIpc) is 1.67. The largest absolute Gasteiger partial charge is 0.390 e. The van der Waals surface area contributed by atoms with Gasteiger partial charge in [0, 0.05) is 0 Å². The van der Waals surface area contributed by atoms with Crippen LogP contribution in [0.2, 0.25) is 0 Å². The summed E-state index contributed by atoms with van der Waals surface area (Å²) in [7, 11) is 1.89. The molecule has 0 aromatic rings. The lowest BCUT2D eigenvalue weighted by atomic mass is 10.5. The smallest absolute Gasteiger partial charge is 0.119 e. The first-order chi connectivity index (χ1) is 3.62. The van der Waals surface area contributed by atoms with Gasteiger partial charge in [-0.25, -0.2) is 4.59 Å². The predicted molar refractivity (Wildman–Crippen MR) is 32.9 cm³/mol. The van der Waals surface area contributed by atoms with Gasteiger partial charge in [0.15, 0.2) is 0 Å². The Labute approximate surface area is 50.3 Å². The SMILES string of the molecule is CC[N+](C)(N)CCO. The van der Waals surface area contributed by atoms with E-state index >= 15 is 0 Å². The minimum atomic E-state index is 0.167. The third kappa shape index (κ3) is 2.96. The molecule has 0 radical (unpaired) electrons. The molecular formula is C5H15N2O+. The number of aliphatic hydroxyl groups is 1. The fourth-order valence-electron chi connectivity index (χ4n) is 0.387. The fraction of sp³-hybridized carbons (Fsp3) is 1.00. The van der Waals surface area contributed by atoms with Crippen LogP contribution in [0.15, 0.2) is 0 Å². The normalized spacial score (nSPS) is 18.0. The molecule has 0 fully saturated rings. The molecule has 50 valence electrons. The number of hydrogen-bond donors (Lipinski definition) is 2. The van der Waals surface area contributed by atoms with E-state index in [9.17, 15) is 0 Å². The van der Waals surface area contributed by atoms with E-state index in [0.717, 1.165) is 6.54 Å². The monoisotopic (exact) mass is 119 g/mol. The minimum Gasteiger partial charge on any atom is -0.390 e. The van der Waals surface area contributed by atoms with Gasteiger partial charge in [0.25, 0.3) is 0 Å². The Bertz CT molecular complexity index is 63.4. The molecule has 0 saturated heterocycles. The summed E-state index contributed by atoms with van der Waals surface area (Å²) in [5.74, 6) is 5.60. The fourth-order valence-corrected chi connectivity index (χ4v) is 0.387. The highest BCUT2D eigenvalue weighted by molar-refractivity contribution is 4.22. The van der Waals surface area contributed by atoms with Crippen molar-refractivity contribution in [1.82, 2.24) is 0 Å². The van der Waals surface area contributed by atoms with Crippen molar-refractivity contribution in [2.75, 3.05) is 26.7 Å². The zero-order chi connectivity index (χ0) is 6.62. The van der Waals surface area contributed by atoms with Crippen molar-refractivity contribution in [2.45, 2.75) is 6.92 Å². The first-order valence-electron chi connectivity index (χ1n) is 2.86. The van der Waals surface area contributed by atoms with E-state index in [-0.39, 0.29) is 6.61 Å². The summed E-state index contributed by atoms with van der Waals surface area (Å²) < 4.78 is 0.413. The van der Waals surface area contributed by atoms with Crippen LogP contribution in [0.25, 0.3) is 0 Å². The number of aliphatic hydroxyl groups excluding tert-OH is 1. The number of hydrogen-bond acceptors (Lipinski definition) is 2. The van der Waals surface area contributed by atoms with E-state index in [1.807, 2.05) is 14.0 Å². The summed E-state index contributed by atoms with van der Waals surface area (Å²) in [4.78, 5) is 0. The molecule has 0 aromatic carbocycles. The topological polar surface area (TPSA) is 46.2 Å². The third-order valence-electron chi connectivity index (χ3n) is 1.33. The van der Waals surface area contributed by atoms with Crippen molar-refractivity contribution < 1.29 is 9.70 Å². The van der Waals surface area contributed by atoms with Crippen molar-refractivity contribution in [2.24, 2.45) is 5.84 Å². The molecule has 1 atom stereocenters. The molecule has 0 bridgehead atoms. The summed E-state index contributed by atoms with van der Waals surface area (Å²) in [5, 5.41) is 8.44. The second kappa shape index (κ2) is 3.02. The van der Waals surface area contributed by atoms with E-state index in [0.29, 0.717) is 11.1 Å². The van der Waals surface area contributed by atoms with Crippen LogP contribution in [-0.4, -0.2) is 36.4 Å². The highest BCUT2D eigenvalue weighted by Crippen LogP contribution is 1.86. The number of quaternary nitrogens is 1. The number of nitrogens with zero attached hydrogens (tertiary/aromatic N) is 1. The van der Waals surface area contributed by atoms with Gasteiger partial charge in [-0.2, -0.15) is 5.84 Å². The maximum Gasteiger partial charge on any atom is 0.119 e. The molecular weight excluding hydrogens is 104 g/mol. The first-order valence-corrected chi connectivity index (χ1v) is 2.86. The summed E-state index contributed by atoms with van der Waals surface area (Å²) >= 11 is 0. The summed E-state index contributed by atoms with van der Waals surface area (Å²) in [6, 6.07) is 0. The second-order valence-corrected chi connectivity index (χ2v) is 2.24. The average molecular weight is 119 g/mol. The van der Waals surface area contributed by atoms with E-state index < -0.39 is 0 Å². The minimum absolute atomic E-state index is 0.167. The molecule has 3 nitrogen and oxygen atoms in total. The van der Waals surface area contributed by atoms with Gasteiger partial charge in [0.2, 0.25) is 0 Å². The quantitative estimate of drug-likeness (QED) is 0.294. The number of nitrogens with two attached hydrogens (primary N) is 1. The predicted octanol–water partition coefficient (Wildman–Crippen LogP) is -0.681. The lowest BCUT2D eigenvalue weighted by Crippen LogP contribution is -2.52. The lowest BCUT2D eigenvalue weighted by Gasteiger charge is -2.24. The molecule has 0 aliphatic carbocycles. The van der Waals surface area contributed by atoms with E-state index in [4.69, 9.17) is 10.9 Å². The molecule has 0 rings (SSSR count). The van der Waals surface area contributed by atoms with Crippen LogP contribution >= 0.6 is 0 Å². The highest BCUT2D eigenvalue weighted by atomic mass is 16.3. The molecule has 0 saturated carbocycles. The molecule has 3 N–H and O–H groups in total. The molecule has 0 spiro atoms. The zero-order valence-corrected chi connectivity index (χ0v) is 5.59. The van der Waals surface area contributed by atoms with Crippen LogP contribution in [0.3, 0.4) is 0 Å². The third-order valence-corrected chi connectivity index (χ3v) is 1.33. The van der Waals surface area contributed by atoms with Gasteiger partial charge in [0.1, 0.15) is 6.54 Å². The Balaban J connectivity index is 3.37. The van der Waals surface area contributed by atoms with Crippen LogP contribution in [0.1, 0.15) is 6.92 Å². The van der Waals surface area contributed by atoms with E-state index in [1.54, 1.807) is 0 Å². The van der Waals surface area contributed by atoms with Crippen LogP contribution in [0, 0.1) is 0 Å². The van der Waals surface area contributed by atoms with Gasteiger partial charge >= 0.3 is 0 Å². The van der Waals surface area contributed by atoms with E-state index in [1.165, 1.54) is 0 Å².